The highest BCUT2D eigenvalue weighted by Crippen LogP contribution is 2.32. The summed E-state index contributed by atoms with van der Waals surface area (Å²) in [5, 5.41) is 11.3. The maximum atomic E-state index is 11.9. The molecule has 1 N–H and O–H groups in total. The van der Waals surface area contributed by atoms with E-state index in [0.29, 0.717) is 22.8 Å². The Bertz CT molecular complexity index is 641. The highest BCUT2D eigenvalue weighted by atomic mass is 16.3. The minimum absolute atomic E-state index is 0.0336. The number of carbonyl (C=O) groups is 2. The third-order valence-electron chi connectivity index (χ3n) is 3.02. The number of ketones is 2. The number of Topliss-reactive ketones (excluding diaryl/α,β-unsaturated/α-hetero) is 2. The van der Waals surface area contributed by atoms with Crippen LogP contribution in [0, 0.1) is 0 Å². The lowest BCUT2D eigenvalue weighted by atomic mass is 9.95. The van der Waals surface area contributed by atoms with Gasteiger partial charge in [0.25, 0.3) is 0 Å². The first-order valence-electron chi connectivity index (χ1n) is 5.85. The van der Waals surface area contributed by atoms with Crippen molar-refractivity contribution in [2.24, 2.45) is 0 Å². The number of fused-ring (bicyclic) bond motifs is 1. The molecule has 0 unspecified atom stereocenters. The van der Waals surface area contributed by atoms with E-state index >= 15 is 0 Å². The predicted molar refractivity (Wildman–Crippen MR) is 70.2 cm³/mol. The largest absolute Gasteiger partial charge is 0.507 e. The molecular formula is C15H14O3. The zero-order valence-corrected chi connectivity index (χ0v) is 10.4. The number of rotatable bonds is 3. The Morgan fingerprint density at radius 2 is 1.72 bits per heavy atom. The molecule has 0 aliphatic heterocycles. The van der Waals surface area contributed by atoms with Gasteiger partial charge in [0.1, 0.15) is 5.75 Å². The molecule has 0 saturated heterocycles. The molecule has 0 atom stereocenters. The average Bonchev–Trinajstić information content (AvgIpc) is 2.38. The van der Waals surface area contributed by atoms with Gasteiger partial charge in [0.2, 0.25) is 0 Å². The fourth-order valence-electron chi connectivity index (χ4n) is 2.05. The summed E-state index contributed by atoms with van der Waals surface area (Å²) in [4.78, 5) is 23.4. The van der Waals surface area contributed by atoms with Crippen LogP contribution in [0.2, 0.25) is 0 Å². The summed E-state index contributed by atoms with van der Waals surface area (Å²) in [6, 6.07) is 8.56. The van der Waals surface area contributed by atoms with Crippen LogP contribution in [0.3, 0.4) is 0 Å². The monoisotopic (exact) mass is 242 g/mol. The lowest BCUT2D eigenvalue weighted by Crippen LogP contribution is -2.02. The number of phenolic OH excluding ortho intramolecular Hbond substituents is 1. The van der Waals surface area contributed by atoms with Crippen LogP contribution in [0.15, 0.2) is 30.3 Å². The lowest BCUT2D eigenvalue weighted by Gasteiger charge is -2.10. The van der Waals surface area contributed by atoms with Crippen LogP contribution >= 0.6 is 0 Å². The molecule has 0 aliphatic carbocycles. The second kappa shape index (κ2) is 4.61. The van der Waals surface area contributed by atoms with Crippen molar-refractivity contribution in [3.05, 3.63) is 41.5 Å². The normalized spacial score (nSPS) is 10.6. The zero-order valence-electron chi connectivity index (χ0n) is 10.4. The van der Waals surface area contributed by atoms with Crippen molar-refractivity contribution in [3.63, 3.8) is 0 Å². The number of benzene rings is 2. The van der Waals surface area contributed by atoms with Gasteiger partial charge in [-0.15, -0.1) is 0 Å². The molecule has 2 aromatic rings. The molecule has 3 nitrogen and oxygen atoms in total. The number of hydrogen-bond donors (Lipinski definition) is 1. The molecule has 0 bridgehead atoms. The van der Waals surface area contributed by atoms with Crippen molar-refractivity contribution in [1.29, 1.82) is 0 Å². The van der Waals surface area contributed by atoms with E-state index in [9.17, 15) is 14.7 Å². The second-order valence-electron chi connectivity index (χ2n) is 4.20. The van der Waals surface area contributed by atoms with E-state index in [0.717, 1.165) is 0 Å². The minimum Gasteiger partial charge on any atom is -0.507 e. The van der Waals surface area contributed by atoms with Crippen LogP contribution in [0.4, 0.5) is 0 Å². The van der Waals surface area contributed by atoms with Gasteiger partial charge >= 0.3 is 0 Å². The predicted octanol–water partition coefficient (Wildman–Crippen LogP) is 3.34. The van der Waals surface area contributed by atoms with E-state index in [1.807, 2.05) is 6.07 Å². The van der Waals surface area contributed by atoms with Crippen LogP contribution in [0.1, 0.15) is 41.0 Å². The van der Waals surface area contributed by atoms with Crippen LogP contribution < -0.4 is 0 Å². The highest BCUT2D eigenvalue weighted by molar-refractivity contribution is 6.13. The number of phenols is 1. The molecule has 0 aliphatic rings. The molecule has 0 saturated carbocycles. The molecule has 0 radical (unpaired) electrons. The third kappa shape index (κ3) is 1.88. The van der Waals surface area contributed by atoms with Gasteiger partial charge in [0, 0.05) is 17.4 Å². The van der Waals surface area contributed by atoms with E-state index < -0.39 is 0 Å². The SMILES string of the molecule is CCC(=O)c1cc(C(C)=O)c(O)c2ccccc12. The molecule has 18 heavy (non-hydrogen) atoms. The number of carbonyl (C=O) groups excluding carboxylic acids is 2. The van der Waals surface area contributed by atoms with Gasteiger partial charge < -0.3 is 5.11 Å². The van der Waals surface area contributed by atoms with Crippen molar-refractivity contribution in [2.75, 3.05) is 0 Å². The van der Waals surface area contributed by atoms with Gasteiger partial charge in [-0.25, -0.2) is 0 Å². The van der Waals surface area contributed by atoms with E-state index in [1.54, 1.807) is 25.1 Å². The molecule has 0 spiro atoms. The average molecular weight is 242 g/mol. The van der Waals surface area contributed by atoms with Crippen molar-refractivity contribution in [2.45, 2.75) is 20.3 Å². The zero-order chi connectivity index (χ0) is 13.3. The Kier molecular flexibility index (Phi) is 3.15. The minimum atomic E-state index is -0.247. The molecule has 2 aromatic carbocycles. The molecular weight excluding hydrogens is 228 g/mol. The molecule has 92 valence electrons. The van der Waals surface area contributed by atoms with Crippen LogP contribution in [-0.4, -0.2) is 16.7 Å². The van der Waals surface area contributed by atoms with Crippen molar-refractivity contribution >= 4 is 22.3 Å². The molecule has 0 aromatic heterocycles. The Labute approximate surface area is 105 Å². The van der Waals surface area contributed by atoms with Crippen LogP contribution in [0.5, 0.6) is 5.75 Å². The van der Waals surface area contributed by atoms with Gasteiger partial charge in [-0.1, -0.05) is 31.2 Å². The summed E-state index contributed by atoms with van der Waals surface area (Å²) >= 11 is 0. The van der Waals surface area contributed by atoms with E-state index in [4.69, 9.17) is 0 Å². The van der Waals surface area contributed by atoms with Crippen molar-refractivity contribution < 1.29 is 14.7 Å². The molecule has 0 amide bonds. The fraction of sp³-hybridized carbons (Fsp3) is 0.200. The Morgan fingerprint density at radius 3 is 2.28 bits per heavy atom. The summed E-state index contributed by atoms with van der Waals surface area (Å²) in [6.07, 6.45) is 0.367. The van der Waals surface area contributed by atoms with Gasteiger partial charge in [0.15, 0.2) is 11.6 Å². The first-order chi connectivity index (χ1) is 8.56. The highest BCUT2D eigenvalue weighted by Gasteiger charge is 2.17. The lowest BCUT2D eigenvalue weighted by molar-refractivity contribution is 0.0989. The smallest absolute Gasteiger partial charge is 0.163 e. The molecule has 3 heteroatoms. The maximum Gasteiger partial charge on any atom is 0.163 e. The quantitative estimate of drug-likeness (QED) is 0.840. The Hall–Kier alpha value is -2.16. The Morgan fingerprint density at radius 1 is 1.11 bits per heavy atom. The fourth-order valence-corrected chi connectivity index (χ4v) is 2.05. The van der Waals surface area contributed by atoms with Gasteiger partial charge in [0.05, 0.1) is 5.56 Å². The molecule has 0 fully saturated rings. The Balaban J connectivity index is 2.88. The molecule has 0 heterocycles. The van der Waals surface area contributed by atoms with Crippen molar-refractivity contribution in [1.82, 2.24) is 0 Å². The van der Waals surface area contributed by atoms with Gasteiger partial charge in [-0.3, -0.25) is 9.59 Å². The second-order valence-corrected chi connectivity index (χ2v) is 4.20. The topological polar surface area (TPSA) is 54.4 Å². The van der Waals surface area contributed by atoms with Gasteiger partial charge in [-0.05, 0) is 18.4 Å². The van der Waals surface area contributed by atoms with Crippen LogP contribution in [0.25, 0.3) is 10.8 Å². The van der Waals surface area contributed by atoms with Crippen molar-refractivity contribution in [3.8, 4) is 5.75 Å². The maximum absolute atomic E-state index is 11.9. The van der Waals surface area contributed by atoms with E-state index in [2.05, 4.69) is 0 Å². The summed E-state index contributed by atoms with van der Waals surface area (Å²) in [5.74, 6) is -0.331. The standard InChI is InChI=1S/C15H14O3/c1-3-14(17)13-8-12(9(2)16)15(18)11-7-5-4-6-10(11)13/h4-8,18H,3H2,1-2H3. The summed E-state index contributed by atoms with van der Waals surface area (Å²) in [6.45, 7) is 3.15. The van der Waals surface area contributed by atoms with E-state index in [1.165, 1.54) is 13.0 Å². The van der Waals surface area contributed by atoms with E-state index in [-0.39, 0.29) is 22.9 Å². The van der Waals surface area contributed by atoms with Gasteiger partial charge in [-0.2, -0.15) is 0 Å². The number of hydrogen-bond acceptors (Lipinski definition) is 3. The third-order valence-corrected chi connectivity index (χ3v) is 3.02. The first-order valence-corrected chi connectivity index (χ1v) is 5.85. The van der Waals surface area contributed by atoms with Crippen LogP contribution in [-0.2, 0) is 0 Å². The number of aromatic hydroxyl groups is 1. The molecule has 2 rings (SSSR count). The summed E-state index contributed by atoms with van der Waals surface area (Å²) in [7, 11) is 0. The summed E-state index contributed by atoms with van der Waals surface area (Å²) < 4.78 is 0. The summed E-state index contributed by atoms with van der Waals surface area (Å²) in [5.41, 5.74) is 0.696. The first kappa shape index (κ1) is 12.3.